The third-order valence-corrected chi connectivity index (χ3v) is 6.83. The SMILES string of the molecule is CCOC(=O)CNS(=O)(=O)c1ccc(NC(=C2C(=O)Nc3ccc([N+](=O)[O-])cc32)c2ccccc2)cc1. The minimum absolute atomic E-state index is 0.0733. The van der Waals surface area contributed by atoms with Gasteiger partial charge in [-0.25, -0.2) is 8.42 Å². The number of sulfonamides is 1. The van der Waals surface area contributed by atoms with E-state index in [9.17, 15) is 28.1 Å². The summed E-state index contributed by atoms with van der Waals surface area (Å²) in [6.45, 7) is 1.25. The van der Waals surface area contributed by atoms with Gasteiger partial charge in [0.1, 0.15) is 6.54 Å². The number of nitro benzene ring substituents is 1. The minimum Gasteiger partial charge on any atom is -0.465 e. The van der Waals surface area contributed by atoms with E-state index in [4.69, 9.17) is 4.74 Å². The largest absolute Gasteiger partial charge is 0.465 e. The summed E-state index contributed by atoms with van der Waals surface area (Å²) in [6.07, 6.45) is 0. The molecule has 0 atom stereocenters. The van der Waals surface area contributed by atoms with Crippen LogP contribution in [-0.2, 0) is 24.3 Å². The van der Waals surface area contributed by atoms with Crippen LogP contribution in [0.1, 0.15) is 18.1 Å². The highest BCUT2D eigenvalue weighted by molar-refractivity contribution is 7.89. The molecule has 3 aromatic carbocycles. The number of amides is 1. The van der Waals surface area contributed by atoms with E-state index in [-0.39, 0.29) is 22.8 Å². The lowest BCUT2D eigenvalue weighted by atomic mass is 9.99. The maximum atomic E-state index is 13.0. The summed E-state index contributed by atoms with van der Waals surface area (Å²) in [5.41, 5.74) is 2.33. The third kappa shape index (κ3) is 5.66. The Hall–Kier alpha value is -4.55. The fraction of sp³-hybridized carbons (Fsp3) is 0.120. The highest BCUT2D eigenvalue weighted by Crippen LogP contribution is 2.39. The van der Waals surface area contributed by atoms with Crippen molar-refractivity contribution in [2.24, 2.45) is 0 Å². The average molecular weight is 523 g/mol. The van der Waals surface area contributed by atoms with Crippen LogP contribution in [0.5, 0.6) is 0 Å². The number of nitrogens with one attached hydrogen (secondary N) is 3. The summed E-state index contributed by atoms with van der Waals surface area (Å²) in [6, 6.07) is 18.7. The number of carbonyl (C=O) groups excluding carboxylic acids is 2. The number of nitrogens with zero attached hydrogens (tertiary/aromatic N) is 1. The molecule has 0 bridgehead atoms. The Labute approximate surface area is 212 Å². The van der Waals surface area contributed by atoms with Gasteiger partial charge < -0.3 is 15.4 Å². The van der Waals surface area contributed by atoms with Crippen molar-refractivity contribution in [2.45, 2.75) is 11.8 Å². The highest BCUT2D eigenvalue weighted by atomic mass is 32.2. The van der Waals surface area contributed by atoms with Crippen LogP contribution in [0.25, 0.3) is 11.3 Å². The Bertz CT molecular complexity index is 1500. The number of rotatable bonds is 9. The number of esters is 1. The molecule has 1 aliphatic rings. The summed E-state index contributed by atoms with van der Waals surface area (Å²) in [4.78, 5) is 35.2. The predicted octanol–water partition coefficient (Wildman–Crippen LogP) is 3.37. The summed E-state index contributed by atoms with van der Waals surface area (Å²) in [5.74, 6) is -1.14. The van der Waals surface area contributed by atoms with Gasteiger partial charge in [-0.1, -0.05) is 30.3 Å². The van der Waals surface area contributed by atoms with Crippen LogP contribution < -0.4 is 15.4 Å². The highest BCUT2D eigenvalue weighted by Gasteiger charge is 2.30. The van der Waals surface area contributed by atoms with Crippen molar-refractivity contribution < 1.29 is 27.7 Å². The molecule has 0 saturated carbocycles. The van der Waals surface area contributed by atoms with Gasteiger partial charge >= 0.3 is 5.97 Å². The second-order valence-corrected chi connectivity index (χ2v) is 9.60. The first-order chi connectivity index (χ1) is 17.7. The monoisotopic (exact) mass is 522 g/mol. The van der Waals surface area contributed by atoms with E-state index in [1.807, 2.05) is 6.07 Å². The Morgan fingerprint density at radius 2 is 1.76 bits per heavy atom. The summed E-state index contributed by atoms with van der Waals surface area (Å²) < 4.78 is 31.9. The van der Waals surface area contributed by atoms with Crippen molar-refractivity contribution in [1.29, 1.82) is 0 Å². The standard InChI is InChI=1S/C25H22N4O7S/c1-2-36-22(30)15-26-37(34,35)19-11-8-17(9-12-19)27-24(16-6-4-3-5-7-16)23-20-14-18(29(32)33)10-13-21(20)28-25(23)31/h3-14,26-27H,2,15H2,1H3,(H,28,31). The molecule has 4 rings (SSSR count). The molecule has 0 aliphatic carbocycles. The molecule has 3 aromatic rings. The van der Waals surface area contributed by atoms with Gasteiger partial charge in [0.25, 0.3) is 11.6 Å². The van der Waals surface area contributed by atoms with Crippen molar-refractivity contribution in [3.8, 4) is 0 Å². The first-order valence-corrected chi connectivity index (χ1v) is 12.6. The van der Waals surface area contributed by atoms with Crippen LogP contribution in [0.2, 0.25) is 0 Å². The number of hydrogen-bond acceptors (Lipinski definition) is 8. The van der Waals surface area contributed by atoms with E-state index in [2.05, 4.69) is 15.4 Å². The van der Waals surface area contributed by atoms with Gasteiger partial charge in [-0.05, 0) is 42.8 Å². The van der Waals surface area contributed by atoms with Gasteiger partial charge in [-0.2, -0.15) is 4.72 Å². The van der Waals surface area contributed by atoms with Crippen LogP contribution >= 0.6 is 0 Å². The van der Waals surface area contributed by atoms with Crippen molar-refractivity contribution in [1.82, 2.24) is 4.72 Å². The van der Waals surface area contributed by atoms with Crippen molar-refractivity contribution >= 4 is 50.2 Å². The minimum atomic E-state index is -3.97. The molecule has 37 heavy (non-hydrogen) atoms. The summed E-state index contributed by atoms with van der Waals surface area (Å²) >= 11 is 0. The quantitative estimate of drug-likeness (QED) is 0.167. The fourth-order valence-electron chi connectivity index (χ4n) is 3.71. The van der Waals surface area contributed by atoms with Crippen LogP contribution in [0, 0.1) is 10.1 Å². The van der Waals surface area contributed by atoms with E-state index >= 15 is 0 Å². The molecule has 0 unspecified atom stereocenters. The Balaban J connectivity index is 1.70. The lowest BCUT2D eigenvalue weighted by molar-refractivity contribution is -0.384. The molecule has 0 fully saturated rings. The van der Waals surface area contributed by atoms with E-state index in [0.717, 1.165) is 0 Å². The number of nitro groups is 1. The van der Waals surface area contributed by atoms with E-state index in [0.29, 0.717) is 28.2 Å². The van der Waals surface area contributed by atoms with Crippen LogP contribution in [0.15, 0.2) is 77.7 Å². The molecule has 190 valence electrons. The van der Waals surface area contributed by atoms with Crippen molar-refractivity contribution in [3.63, 3.8) is 0 Å². The smallest absolute Gasteiger partial charge is 0.321 e. The predicted molar refractivity (Wildman–Crippen MR) is 137 cm³/mol. The van der Waals surface area contributed by atoms with Gasteiger partial charge in [0.2, 0.25) is 10.0 Å². The molecule has 1 amide bonds. The van der Waals surface area contributed by atoms with E-state index in [1.54, 1.807) is 31.2 Å². The maximum Gasteiger partial charge on any atom is 0.321 e. The molecule has 0 radical (unpaired) electrons. The van der Waals surface area contributed by atoms with Gasteiger partial charge in [0, 0.05) is 29.1 Å². The van der Waals surface area contributed by atoms with Gasteiger partial charge in [0.05, 0.1) is 27.7 Å². The topological polar surface area (TPSA) is 157 Å². The van der Waals surface area contributed by atoms with Crippen LogP contribution in [-0.4, -0.2) is 38.4 Å². The summed E-state index contributed by atoms with van der Waals surface area (Å²) in [7, 11) is -3.97. The molecule has 0 spiro atoms. The number of carbonyl (C=O) groups is 2. The zero-order chi connectivity index (χ0) is 26.6. The molecule has 3 N–H and O–H groups in total. The van der Waals surface area contributed by atoms with E-state index < -0.39 is 33.4 Å². The Morgan fingerprint density at radius 1 is 1.05 bits per heavy atom. The van der Waals surface area contributed by atoms with Crippen molar-refractivity contribution in [2.75, 3.05) is 23.8 Å². The van der Waals surface area contributed by atoms with Crippen LogP contribution in [0.3, 0.4) is 0 Å². The molecular weight excluding hydrogens is 500 g/mol. The molecule has 0 aromatic heterocycles. The summed E-state index contributed by atoms with van der Waals surface area (Å²) in [5, 5.41) is 17.2. The molecule has 1 aliphatic heterocycles. The molecule has 0 saturated heterocycles. The zero-order valence-electron chi connectivity index (χ0n) is 19.6. The van der Waals surface area contributed by atoms with Gasteiger partial charge in [-0.15, -0.1) is 0 Å². The zero-order valence-corrected chi connectivity index (χ0v) is 20.4. The van der Waals surface area contributed by atoms with Gasteiger partial charge in [-0.3, -0.25) is 19.7 Å². The number of ether oxygens (including phenoxy) is 1. The van der Waals surface area contributed by atoms with Crippen LogP contribution in [0.4, 0.5) is 17.1 Å². The Morgan fingerprint density at radius 3 is 2.41 bits per heavy atom. The van der Waals surface area contributed by atoms with Crippen molar-refractivity contribution in [3.05, 3.63) is 94.0 Å². The molecule has 12 heteroatoms. The maximum absolute atomic E-state index is 13.0. The first-order valence-electron chi connectivity index (χ1n) is 11.1. The Kier molecular flexibility index (Phi) is 7.32. The first kappa shape index (κ1) is 25.5. The fourth-order valence-corrected chi connectivity index (χ4v) is 4.68. The lowest BCUT2D eigenvalue weighted by Crippen LogP contribution is -2.30. The number of non-ortho nitro benzene ring substituents is 1. The number of benzene rings is 3. The molecule has 11 nitrogen and oxygen atoms in total. The number of fused-ring (bicyclic) bond motifs is 1. The third-order valence-electron chi connectivity index (χ3n) is 5.42. The second-order valence-electron chi connectivity index (χ2n) is 7.84. The second kappa shape index (κ2) is 10.6. The van der Waals surface area contributed by atoms with Gasteiger partial charge in [0.15, 0.2) is 0 Å². The normalized spacial score (nSPS) is 13.9. The lowest BCUT2D eigenvalue weighted by Gasteiger charge is -2.15. The number of anilines is 2. The number of hydrogen-bond donors (Lipinski definition) is 3. The molecule has 1 heterocycles. The van der Waals surface area contributed by atoms with E-state index in [1.165, 1.54) is 42.5 Å². The molecular formula is C25H22N4O7S. The average Bonchev–Trinajstić information content (AvgIpc) is 3.21.